The second-order valence-electron chi connectivity index (χ2n) is 8.34. The second kappa shape index (κ2) is 9.30. The fraction of sp³-hybridized carbons (Fsp3) is 0.348. The lowest BCUT2D eigenvalue weighted by atomic mass is 10.0. The summed E-state index contributed by atoms with van der Waals surface area (Å²) in [4.78, 5) is 32.6. The van der Waals surface area contributed by atoms with Crippen LogP contribution in [-0.4, -0.2) is 45.4 Å². The maximum absolute atomic E-state index is 14.1. The van der Waals surface area contributed by atoms with Gasteiger partial charge in [-0.1, -0.05) is 23.7 Å². The Kier molecular flexibility index (Phi) is 6.67. The van der Waals surface area contributed by atoms with E-state index in [9.17, 15) is 35.9 Å². The molecule has 13 heteroatoms. The topological polar surface area (TPSA) is 78.1 Å². The van der Waals surface area contributed by atoms with Gasteiger partial charge >= 0.3 is 12.4 Å². The summed E-state index contributed by atoms with van der Waals surface area (Å²) in [6, 6.07) is 2.79. The van der Waals surface area contributed by atoms with E-state index in [1.54, 1.807) is 0 Å². The van der Waals surface area contributed by atoms with Crippen LogP contribution in [0.3, 0.4) is 0 Å². The SMILES string of the molecule is CCN(C(=O)c1nc2cc(C(=O)NC3CC3)c(Cl)cc2[nH]1)C(c1cccc(C(F)(F)F)c1)C(F)(F)F. The van der Waals surface area contributed by atoms with Crippen LogP contribution < -0.4 is 5.32 Å². The van der Waals surface area contributed by atoms with Crippen molar-refractivity contribution >= 4 is 34.4 Å². The molecule has 2 aromatic carbocycles. The van der Waals surface area contributed by atoms with Gasteiger partial charge in [0.05, 0.1) is 27.2 Å². The quantitative estimate of drug-likeness (QED) is 0.388. The summed E-state index contributed by atoms with van der Waals surface area (Å²) >= 11 is 6.18. The number of benzene rings is 2. The van der Waals surface area contributed by atoms with Crippen molar-refractivity contribution in [1.29, 1.82) is 0 Å². The summed E-state index contributed by atoms with van der Waals surface area (Å²) in [5.74, 6) is -2.12. The van der Waals surface area contributed by atoms with Crippen molar-refractivity contribution in [3.8, 4) is 0 Å². The molecule has 1 aliphatic carbocycles. The molecule has 2 amide bonds. The van der Waals surface area contributed by atoms with Crippen LogP contribution in [0.1, 0.15) is 57.9 Å². The van der Waals surface area contributed by atoms with Crippen molar-refractivity contribution in [3.05, 3.63) is 63.9 Å². The lowest BCUT2D eigenvalue weighted by molar-refractivity contribution is -0.179. The molecule has 0 spiro atoms. The zero-order chi connectivity index (χ0) is 26.4. The number of alkyl halides is 6. The molecular formula is C23H19ClF6N4O2. The van der Waals surface area contributed by atoms with Gasteiger partial charge in [-0.25, -0.2) is 4.98 Å². The number of nitrogens with one attached hydrogen (secondary N) is 2. The molecule has 1 aliphatic rings. The Morgan fingerprint density at radius 2 is 1.86 bits per heavy atom. The molecule has 0 bridgehead atoms. The number of rotatable bonds is 6. The normalized spacial score (nSPS) is 15.1. The predicted octanol–water partition coefficient (Wildman–Crippen LogP) is 5.89. The van der Waals surface area contributed by atoms with Gasteiger partial charge in [-0.15, -0.1) is 0 Å². The monoisotopic (exact) mass is 532 g/mol. The number of carbonyl (C=O) groups excluding carboxylic acids is 2. The van der Waals surface area contributed by atoms with E-state index >= 15 is 0 Å². The number of hydrogen-bond donors (Lipinski definition) is 2. The first-order valence-electron chi connectivity index (χ1n) is 10.8. The van der Waals surface area contributed by atoms with Crippen LogP contribution in [0.4, 0.5) is 26.3 Å². The molecule has 1 atom stereocenters. The number of nitrogens with zero attached hydrogens (tertiary/aromatic N) is 2. The van der Waals surface area contributed by atoms with Crippen LogP contribution >= 0.6 is 11.6 Å². The van der Waals surface area contributed by atoms with Crippen LogP contribution in [0, 0.1) is 0 Å². The van der Waals surface area contributed by atoms with Crippen LogP contribution in [0.2, 0.25) is 5.02 Å². The first-order valence-corrected chi connectivity index (χ1v) is 11.2. The average Bonchev–Trinajstić information content (AvgIpc) is 3.50. The number of hydrogen-bond acceptors (Lipinski definition) is 3. The predicted molar refractivity (Wildman–Crippen MR) is 119 cm³/mol. The summed E-state index contributed by atoms with van der Waals surface area (Å²) in [5.41, 5.74) is -1.61. The number of carbonyl (C=O) groups is 2. The number of amides is 2. The molecule has 6 nitrogen and oxygen atoms in total. The third-order valence-electron chi connectivity index (χ3n) is 5.68. The highest BCUT2D eigenvalue weighted by Crippen LogP contribution is 2.40. The number of aromatic nitrogens is 2. The van der Waals surface area contributed by atoms with E-state index < -0.39 is 53.7 Å². The van der Waals surface area contributed by atoms with E-state index in [1.165, 1.54) is 19.1 Å². The molecule has 3 aromatic rings. The number of aromatic amines is 1. The Hall–Kier alpha value is -3.28. The zero-order valence-electron chi connectivity index (χ0n) is 18.6. The van der Waals surface area contributed by atoms with Gasteiger partial charge in [-0.2, -0.15) is 26.3 Å². The summed E-state index contributed by atoms with van der Waals surface area (Å²) in [7, 11) is 0. The molecule has 0 radical (unpaired) electrons. The minimum Gasteiger partial charge on any atom is -0.349 e. The molecular weight excluding hydrogens is 514 g/mol. The first-order chi connectivity index (χ1) is 16.8. The Morgan fingerprint density at radius 1 is 1.17 bits per heavy atom. The van der Waals surface area contributed by atoms with Crippen LogP contribution in [0.15, 0.2) is 36.4 Å². The van der Waals surface area contributed by atoms with Gasteiger partial charge in [0.1, 0.15) is 0 Å². The summed E-state index contributed by atoms with van der Waals surface area (Å²) < 4.78 is 81.7. The van der Waals surface area contributed by atoms with Crippen LogP contribution in [0.25, 0.3) is 11.0 Å². The van der Waals surface area contributed by atoms with Gasteiger partial charge in [0.15, 0.2) is 11.9 Å². The minimum absolute atomic E-state index is 0.0489. The van der Waals surface area contributed by atoms with Gasteiger partial charge in [-0.05, 0) is 49.6 Å². The minimum atomic E-state index is -5.08. The van der Waals surface area contributed by atoms with Crippen molar-refractivity contribution < 1.29 is 35.9 Å². The van der Waals surface area contributed by atoms with E-state index in [1.807, 2.05) is 0 Å². The van der Waals surface area contributed by atoms with E-state index in [0.29, 0.717) is 17.0 Å². The van der Waals surface area contributed by atoms with E-state index in [2.05, 4.69) is 15.3 Å². The molecule has 1 unspecified atom stereocenters. The molecule has 1 aromatic heterocycles. The lowest BCUT2D eigenvalue weighted by Gasteiger charge is -2.32. The molecule has 4 rings (SSSR count). The summed E-state index contributed by atoms with van der Waals surface area (Å²) in [6.45, 7) is 0.788. The van der Waals surface area contributed by atoms with Crippen molar-refractivity contribution in [1.82, 2.24) is 20.2 Å². The van der Waals surface area contributed by atoms with Crippen molar-refractivity contribution in [2.75, 3.05) is 6.54 Å². The maximum atomic E-state index is 14.1. The zero-order valence-corrected chi connectivity index (χ0v) is 19.4. The second-order valence-corrected chi connectivity index (χ2v) is 8.75. The highest BCUT2D eigenvalue weighted by atomic mass is 35.5. The number of halogens is 7. The highest BCUT2D eigenvalue weighted by Gasteiger charge is 2.47. The molecule has 1 heterocycles. The van der Waals surface area contributed by atoms with Gasteiger partial charge in [0, 0.05) is 12.6 Å². The van der Waals surface area contributed by atoms with E-state index in [4.69, 9.17) is 11.6 Å². The lowest BCUT2D eigenvalue weighted by Crippen LogP contribution is -2.42. The highest BCUT2D eigenvalue weighted by molar-refractivity contribution is 6.34. The Bertz CT molecular complexity index is 1320. The van der Waals surface area contributed by atoms with Gasteiger partial charge in [0.2, 0.25) is 0 Å². The molecule has 0 saturated heterocycles. The molecule has 1 fully saturated rings. The van der Waals surface area contributed by atoms with Crippen molar-refractivity contribution in [3.63, 3.8) is 0 Å². The summed E-state index contributed by atoms with van der Waals surface area (Å²) in [5, 5.41) is 2.80. The first kappa shape index (κ1) is 25.8. The molecule has 2 N–H and O–H groups in total. The Balaban J connectivity index is 1.70. The Labute approximate surface area is 205 Å². The number of fused-ring (bicyclic) bond motifs is 1. The third kappa shape index (κ3) is 5.28. The van der Waals surface area contributed by atoms with Crippen LogP contribution in [-0.2, 0) is 6.18 Å². The molecule has 36 heavy (non-hydrogen) atoms. The van der Waals surface area contributed by atoms with E-state index in [0.717, 1.165) is 25.0 Å². The fourth-order valence-corrected chi connectivity index (χ4v) is 4.06. The van der Waals surface area contributed by atoms with Gasteiger partial charge in [0.25, 0.3) is 11.8 Å². The molecule has 192 valence electrons. The van der Waals surface area contributed by atoms with Crippen molar-refractivity contribution in [2.24, 2.45) is 0 Å². The van der Waals surface area contributed by atoms with Crippen LogP contribution in [0.5, 0.6) is 0 Å². The third-order valence-corrected chi connectivity index (χ3v) is 6.00. The fourth-order valence-electron chi connectivity index (χ4n) is 3.81. The largest absolute Gasteiger partial charge is 0.416 e. The van der Waals surface area contributed by atoms with E-state index in [-0.39, 0.29) is 27.7 Å². The Morgan fingerprint density at radius 3 is 2.44 bits per heavy atom. The van der Waals surface area contributed by atoms with Gasteiger partial charge in [-0.3, -0.25) is 9.59 Å². The van der Waals surface area contributed by atoms with Gasteiger partial charge < -0.3 is 15.2 Å². The smallest absolute Gasteiger partial charge is 0.349 e. The standard InChI is InChI=1S/C23H19ClF6N4O2/c1-2-34(18(23(28,29)30)11-4-3-5-12(8-11)22(25,26)27)21(36)19-32-16-9-14(15(24)10-17(16)33-19)20(35)31-13-6-7-13/h3-5,8-10,13,18H,2,6-7H2,1H3,(H,31,35)(H,32,33). The molecule has 0 aliphatic heterocycles. The maximum Gasteiger partial charge on any atom is 0.416 e. The number of H-pyrrole nitrogens is 1. The summed E-state index contributed by atoms with van der Waals surface area (Å²) in [6.07, 6.45) is -8.27. The average molecular weight is 533 g/mol. The molecule has 1 saturated carbocycles. The number of imidazole rings is 1. The van der Waals surface area contributed by atoms with Crippen molar-refractivity contribution in [2.45, 2.75) is 44.2 Å².